The molecule has 19 heavy (non-hydrogen) atoms. The summed E-state index contributed by atoms with van der Waals surface area (Å²) in [4.78, 5) is 0. The summed E-state index contributed by atoms with van der Waals surface area (Å²) < 4.78 is 0. The second-order valence-electron chi connectivity index (χ2n) is 6.63. The highest BCUT2D eigenvalue weighted by atomic mass is 16.3. The Kier molecular flexibility index (Phi) is 3.66. The largest absolute Gasteiger partial charge is 0.385 e. The number of aliphatic hydroxyl groups is 1. The highest BCUT2D eigenvalue weighted by molar-refractivity contribution is 5.30. The molecule has 0 spiro atoms. The smallest absolute Gasteiger partial charge is 0.0896 e. The third-order valence-electron chi connectivity index (χ3n) is 5.53. The standard InChI is InChI=1S/C18H26O/c1-2-14-10-12-18(19,13-11-14)17-8-6-16(7-9-17)15-4-3-5-15/h6-9,14-15,19H,2-5,10-13H2,1H3. The first-order chi connectivity index (χ1) is 9.21. The monoisotopic (exact) mass is 258 g/mol. The summed E-state index contributed by atoms with van der Waals surface area (Å²) in [5.74, 6) is 1.62. The van der Waals surface area contributed by atoms with Gasteiger partial charge in [-0.15, -0.1) is 0 Å². The van der Waals surface area contributed by atoms with Gasteiger partial charge in [-0.3, -0.25) is 0 Å². The Bertz CT molecular complexity index is 408. The zero-order valence-corrected chi connectivity index (χ0v) is 12.1. The van der Waals surface area contributed by atoms with Crippen molar-refractivity contribution in [2.75, 3.05) is 0 Å². The average molecular weight is 258 g/mol. The van der Waals surface area contributed by atoms with Crippen molar-refractivity contribution in [1.82, 2.24) is 0 Å². The zero-order chi connectivity index (χ0) is 13.3. The number of hydrogen-bond donors (Lipinski definition) is 1. The molecule has 1 aromatic rings. The predicted molar refractivity (Wildman–Crippen MR) is 79.2 cm³/mol. The summed E-state index contributed by atoms with van der Waals surface area (Å²) >= 11 is 0. The van der Waals surface area contributed by atoms with Crippen LogP contribution < -0.4 is 0 Å². The lowest BCUT2D eigenvalue weighted by molar-refractivity contribution is -0.0146. The first-order valence-electron chi connectivity index (χ1n) is 8.04. The van der Waals surface area contributed by atoms with E-state index in [0.29, 0.717) is 0 Å². The maximum Gasteiger partial charge on any atom is 0.0896 e. The number of hydrogen-bond acceptors (Lipinski definition) is 1. The zero-order valence-electron chi connectivity index (χ0n) is 12.1. The quantitative estimate of drug-likeness (QED) is 0.830. The first-order valence-corrected chi connectivity index (χ1v) is 8.04. The molecule has 3 rings (SSSR count). The van der Waals surface area contributed by atoms with Crippen molar-refractivity contribution in [3.63, 3.8) is 0 Å². The van der Waals surface area contributed by atoms with Crippen molar-refractivity contribution in [3.05, 3.63) is 35.4 Å². The van der Waals surface area contributed by atoms with Crippen molar-refractivity contribution < 1.29 is 5.11 Å². The maximum absolute atomic E-state index is 10.9. The predicted octanol–water partition coefficient (Wildman–Crippen LogP) is 4.74. The van der Waals surface area contributed by atoms with E-state index < -0.39 is 5.60 Å². The molecule has 2 saturated carbocycles. The molecule has 0 bridgehead atoms. The van der Waals surface area contributed by atoms with Crippen LogP contribution >= 0.6 is 0 Å². The molecule has 104 valence electrons. The normalized spacial score (nSPS) is 32.0. The fraction of sp³-hybridized carbons (Fsp3) is 0.667. The third-order valence-corrected chi connectivity index (χ3v) is 5.53. The van der Waals surface area contributed by atoms with Crippen LogP contribution in [0.25, 0.3) is 0 Å². The van der Waals surface area contributed by atoms with Crippen LogP contribution in [0, 0.1) is 5.92 Å². The molecular weight excluding hydrogens is 232 g/mol. The highest BCUT2D eigenvalue weighted by Crippen LogP contribution is 2.42. The summed E-state index contributed by atoms with van der Waals surface area (Å²) in [5, 5.41) is 10.9. The minimum atomic E-state index is -0.552. The fourth-order valence-corrected chi connectivity index (χ4v) is 3.66. The molecule has 1 N–H and O–H groups in total. The second-order valence-corrected chi connectivity index (χ2v) is 6.63. The van der Waals surface area contributed by atoms with Crippen LogP contribution in [0.15, 0.2) is 24.3 Å². The van der Waals surface area contributed by atoms with Gasteiger partial charge in [-0.25, -0.2) is 0 Å². The van der Waals surface area contributed by atoms with Crippen molar-refractivity contribution >= 4 is 0 Å². The molecule has 0 aromatic heterocycles. The fourth-order valence-electron chi connectivity index (χ4n) is 3.66. The Hall–Kier alpha value is -0.820. The highest BCUT2D eigenvalue weighted by Gasteiger charge is 2.34. The molecule has 2 aliphatic carbocycles. The van der Waals surface area contributed by atoms with Gasteiger partial charge in [0.2, 0.25) is 0 Å². The lowest BCUT2D eigenvalue weighted by atomic mass is 9.73. The SMILES string of the molecule is CCC1CCC(O)(c2ccc(C3CCC3)cc2)CC1. The van der Waals surface area contributed by atoms with Crippen LogP contribution in [0.4, 0.5) is 0 Å². The third kappa shape index (κ3) is 2.58. The van der Waals surface area contributed by atoms with Gasteiger partial charge in [0.15, 0.2) is 0 Å². The molecule has 0 saturated heterocycles. The Morgan fingerprint density at radius 1 is 1.05 bits per heavy atom. The lowest BCUT2D eigenvalue weighted by Gasteiger charge is -2.36. The summed E-state index contributed by atoms with van der Waals surface area (Å²) in [6.07, 6.45) is 9.58. The van der Waals surface area contributed by atoms with Crippen LogP contribution in [-0.2, 0) is 5.60 Å². The van der Waals surface area contributed by atoms with Crippen molar-refractivity contribution in [2.24, 2.45) is 5.92 Å². The van der Waals surface area contributed by atoms with Gasteiger partial charge in [0, 0.05) is 0 Å². The molecule has 0 unspecified atom stereocenters. The molecule has 0 aliphatic heterocycles. The van der Waals surface area contributed by atoms with Gasteiger partial charge in [-0.05, 0) is 61.5 Å². The number of rotatable bonds is 3. The summed E-state index contributed by atoms with van der Waals surface area (Å²) in [5.41, 5.74) is 2.06. The van der Waals surface area contributed by atoms with Crippen molar-refractivity contribution in [3.8, 4) is 0 Å². The van der Waals surface area contributed by atoms with E-state index in [4.69, 9.17) is 0 Å². The molecule has 1 nitrogen and oxygen atoms in total. The Morgan fingerprint density at radius 3 is 2.16 bits per heavy atom. The lowest BCUT2D eigenvalue weighted by Crippen LogP contribution is -2.31. The van der Waals surface area contributed by atoms with Gasteiger partial charge in [-0.1, -0.05) is 44.0 Å². The molecule has 0 heterocycles. The van der Waals surface area contributed by atoms with E-state index >= 15 is 0 Å². The van der Waals surface area contributed by atoms with Crippen molar-refractivity contribution in [1.29, 1.82) is 0 Å². The first kappa shape index (κ1) is 13.2. The van der Waals surface area contributed by atoms with E-state index in [1.807, 2.05) is 0 Å². The maximum atomic E-state index is 10.9. The van der Waals surface area contributed by atoms with Gasteiger partial charge in [0.05, 0.1) is 5.60 Å². The summed E-state index contributed by atoms with van der Waals surface area (Å²) in [6, 6.07) is 8.87. The van der Waals surface area contributed by atoms with E-state index in [0.717, 1.165) is 30.2 Å². The van der Waals surface area contributed by atoms with E-state index in [-0.39, 0.29) is 0 Å². The van der Waals surface area contributed by atoms with E-state index in [1.165, 1.54) is 44.1 Å². The Morgan fingerprint density at radius 2 is 1.68 bits per heavy atom. The molecule has 1 heteroatoms. The molecule has 2 aliphatic rings. The molecule has 0 radical (unpaired) electrons. The van der Waals surface area contributed by atoms with Gasteiger partial charge in [0.25, 0.3) is 0 Å². The minimum absolute atomic E-state index is 0.552. The topological polar surface area (TPSA) is 20.2 Å². The average Bonchev–Trinajstić information content (AvgIpc) is 2.38. The van der Waals surface area contributed by atoms with Crippen LogP contribution in [0.5, 0.6) is 0 Å². The second kappa shape index (κ2) is 5.28. The summed E-state index contributed by atoms with van der Waals surface area (Å²) in [7, 11) is 0. The molecule has 0 atom stereocenters. The van der Waals surface area contributed by atoms with Crippen LogP contribution in [-0.4, -0.2) is 5.11 Å². The van der Waals surface area contributed by atoms with Crippen LogP contribution in [0.1, 0.15) is 75.3 Å². The minimum Gasteiger partial charge on any atom is -0.385 e. The van der Waals surface area contributed by atoms with Crippen LogP contribution in [0.2, 0.25) is 0 Å². The van der Waals surface area contributed by atoms with Crippen LogP contribution in [0.3, 0.4) is 0 Å². The van der Waals surface area contributed by atoms with Gasteiger partial charge in [0.1, 0.15) is 0 Å². The molecule has 0 amide bonds. The molecule has 1 aromatic carbocycles. The van der Waals surface area contributed by atoms with E-state index in [2.05, 4.69) is 31.2 Å². The van der Waals surface area contributed by atoms with Gasteiger partial charge >= 0.3 is 0 Å². The number of benzene rings is 1. The Labute approximate surface area is 117 Å². The van der Waals surface area contributed by atoms with Gasteiger partial charge < -0.3 is 5.11 Å². The van der Waals surface area contributed by atoms with E-state index in [1.54, 1.807) is 0 Å². The van der Waals surface area contributed by atoms with Gasteiger partial charge in [-0.2, -0.15) is 0 Å². The molecule has 2 fully saturated rings. The molecular formula is C18H26O. The Balaban J connectivity index is 1.70. The van der Waals surface area contributed by atoms with E-state index in [9.17, 15) is 5.11 Å². The van der Waals surface area contributed by atoms with Crippen molar-refractivity contribution in [2.45, 2.75) is 69.8 Å². The summed E-state index contributed by atoms with van der Waals surface area (Å²) in [6.45, 7) is 2.27.